The molecule has 2 N–H and O–H groups in total. The molecular weight excluding hydrogens is 352 g/mol. The first-order valence-electron chi connectivity index (χ1n) is 8.26. The number of nitrogens with one attached hydrogen (secondary N) is 2. The van der Waals surface area contributed by atoms with Crippen molar-refractivity contribution in [1.29, 1.82) is 0 Å². The fourth-order valence-corrected chi connectivity index (χ4v) is 2.94. The Morgan fingerprint density at radius 1 is 1.27 bits per heavy atom. The molecule has 1 unspecified atom stereocenters. The molecule has 2 aromatic rings. The van der Waals surface area contributed by atoms with Crippen LogP contribution in [0, 0.1) is 5.41 Å². The van der Waals surface area contributed by atoms with Crippen LogP contribution < -0.4 is 15.4 Å². The molecule has 1 heterocycles. The number of hydrogen-bond donors (Lipinski definition) is 2. The summed E-state index contributed by atoms with van der Waals surface area (Å²) < 4.78 is 5.20. The smallest absolute Gasteiger partial charge is 0.248 e. The molecule has 0 radical (unpaired) electrons. The van der Waals surface area contributed by atoms with Gasteiger partial charge >= 0.3 is 0 Å². The molecule has 7 nitrogen and oxygen atoms in total. The number of rotatable bonds is 6. The highest BCUT2D eigenvalue weighted by Gasteiger charge is 2.21. The van der Waals surface area contributed by atoms with E-state index in [0.717, 1.165) is 11.3 Å². The standard InChI is InChI=1S/C18H24N4O3S/c1-11(19-14(23)10-18(2,3)4)15(24)20-17-22-21-16(26-17)12-7-6-8-13(9-12)25-5/h6-9,11H,10H2,1-5H3,(H,19,23)(H,20,22,24). The molecule has 0 aliphatic rings. The van der Waals surface area contributed by atoms with Gasteiger partial charge in [0.1, 0.15) is 16.8 Å². The quantitative estimate of drug-likeness (QED) is 0.808. The van der Waals surface area contributed by atoms with Crippen LogP contribution in [0.4, 0.5) is 5.13 Å². The van der Waals surface area contributed by atoms with Gasteiger partial charge in [0.05, 0.1) is 7.11 Å². The number of carbonyl (C=O) groups excluding carboxylic acids is 2. The van der Waals surface area contributed by atoms with Gasteiger partial charge < -0.3 is 10.1 Å². The Labute approximate surface area is 157 Å². The number of aromatic nitrogens is 2. The topological polar surface area (TPSA) is 93.2 Å². The van der Waals surface area contributed by atoms with E-state index in [9.17, 15) is 9.59 Å². The minimum absolute atomic E-state index is 0.134. The van der Waals surface area contributed by atoms with Crippen LogP contribution in [0.15, 0.2) is 24.3 Å². The van der Waals surface area contributed by atoms with Crippen LogP contribution in [0.5, 0.6) is 5.75 Å². The Morgan fingerprint density at radius 3 is 2.65 bits per heavy atom. The summed E-state index contributed by atoms with van der Waals surface area (Å²) in [7, 11) is 1.60. The van der Waals surface area contributed by atoms with E-state index in [1.54, 1.807) is 14.0 Å². The van der Waals surface area contributed by atoms with Crippen LogP contribution in [-0.4, -0.2) is 35.2 Å². The lowest BCUT2D eigenvalue weighted by atomic mass is 9.92. The van der Waals surface area contributed by atoms with Gasteiger partial charge in [-0.3, -0.25) is 14.9 Å². The van der Waals surface area contributed by atoms with Gasteiger partial charge in [0.25, 0.3) is 0 Å². The zero-order valence-corrected chi connectivity index (χ0v) is 16.4. The van der Waals surface area contributed by atoms with Crippen molar-refractivity contribution in [3.8, 4) is 16.3 Å². The van der Waals surface area contributed by atoms with Gasteiger partial charge in [-0.1, -0.05) is 44.2 Å². The molecule has 1 aromatic heterocycles. The summed E-state index contributed by atoms with van der Waals surface area (Å²) in [6.07, 6.45) is 0.351. The van der Waals surface area contributed by atoms with E-state index in [1.165, 1.54) is 11.3 Å². The van der Waals surface area contributed by atoms with Gasteiger partial charge in [0, 0.05) is 12.0 Å². The Kier molecular flexibility index (Phi) is 6.31. The van der Waals surface area contributed by atoms with E-state index >= 15 is 0 Å². The summed E-state index contributed by atoms with van der Waals surface area (Å²) in [5.74, 6) is 0.230. The van der Waals surface area contributed by atoms with Crippen molar-refractivity contribution in [2.24, 2.45) is 5.41 Å². The van der Waals surface area contributed by atoms with Gasteiger partial charge in [0.15, 0.2) is 0 Å². The van der Waals surface area contributed by atoms with Crippen LogP contribution in [0.25, 0.3) is 10.6 Å². The molecule has 26 heavy (non-hydrogen) atoms. The first-order chi connectivity index (χ1) is 12.2. The molecule has 0 aliphatic heterocycles. The van der Waals surface area contributed by atoms with Crippen molar-refractivity contribution < 1.29 is 14.3 Å². The molecule has 0 fully saturated rings. The number of ether oxygens (including phenoxy) is 1. The Bertz CT molecular complexity index is 783. The molecule has 0 spiro atoms. The molecule has 8 heteroatoms. The second-order valence-corrected chi connectivity index (χ2v) is 8.14. The monoisotopic (exact) mass is 376 g/mol. The van der Waals surface area contributed by atoms with Crippen molar-refractivity contribution in [2.45, 2.75) is 40.2 Å². The predicted molar refractivity (Wildman–Crippen MR) is 102 cm³/mol. The lowest BCUT2D eigenvalue weighted by molar-refractivity contribution is -0.127. The zero-order valence-electron chi connectivity index (χ0n) is 15.6. The first-order valence-corrected chi connectivity index (χ1v) is 9.08. The average Bonchev–Trinajstić information content (AvgIpc) is 3.01. The predicted octanol–water partition coefficient (Wildman–Crippen LogP) is 3.09. The Balaban J connectivity index is 1.97. The van der Waals surface area contributed by atoms with Crippen molar-refractivity contribution in [1.82, 2.24) is 15.5 Å². The summed E-state index contributed by atoms with van der Waals surface area (Å²) in [6.45, 7) is 7.55. The molecular formula is C18H24N4O3S. The van der Waals surface area contributed by atoms with Gasteiger partial charge in [-0.2, -0.15) is 0 Å². The molecule has 2 amide bonds. The van der Waals surface area contributed by atoms with E-state index in [1.807, 2.05) is 45.0 Å². The second-order valence-electron chi connectivity index (χ2n) is 7.16. The van der Waals surface area contributed by atoms with E-state index in [4.69, 9.17) is 4.74 Å². The zero-order chi connectivity index (χ0) is 19.3. The maximum absolute atomic E-state index is 12.3. The second kappa shape index (κ2) is 8.27. The molecule has 0 aliphatic carbocycles. The largest absolute Gasteiger partial charge is 0.497 e. The van der Waals surface area contributed by atoms with Crippen molar-refractivity contribution >= 4 is 28.3 Å². The van der Waals surface area contributed by atoms with Crippen LogP contribution in [0.2, 0.25) is 0 Å². The first kappa shape index (κ1) is 19.8. The minimum Gasteiger partial charge on any atom is -0.497 e. The molecule has 0 saturated carbocycles. The summed E-state index contributed by atoms with van der Waals surface area (Å²) in [6, 6.07) is 6.79. The SMILES string of the molecule is COc1cccc(-c2nnc(NC(=O)C(C)NC(=O)CC(C)(C)C)s2)c1. The fraction of sp³-hybridized carbons (Fsp3) is 0.444. The van der Waals surface area contributed by atoms with Crippen LogP contribution in [-0.2, 0) is 9.59 Å². The number of anilines is 1. The molecule has 2 rings (SSSR count). The summed E-state index contributed by atoms with van der Waals surface area (Å²) in [4.78, 5) is 24.2. The minimum atomic E-state index is -0.658. The Morgan fingerprint density at radius 2 is 2.00 bits per heavy atom. The van der Waals surface area contributed by atoms with Crippen LogP contribution >= 0.6 is 11.3 Å². The van der Waals surface area contributed by atoms with Gasteiger partial charge in [-0.25, -0.2) is 0 Å². The van der Waals surface area contributed by atoms with E-state index < -0.39 is 6.04 Å². The van der Waals surface area contributed by atoms with Crippen molar-refractivity contribution in [2.75, 3.05) is 12.4 Å². The molecule has 1 atom stereocenters. The van der Waals surface area contributed by atoms with Crippen LogP contribution in [0.1, 0.15) is 34.1 Å². The molecule has 1 aromatic carbocycles. The van der Waals surface area contributed by atoms with Gasteiger partial charge in [0.2, 0.25) is 16.9 Å². The average molecular weight is 376 g/mol. The number of nitrogens with zero attached hydrogens (tertiary/aromatic N) is 2. The number of carbonyl (C=O) groups is 2. The number of hydrogen-bond acceptors (Lipinski definition) is 6. The number of amides is 2. The lowest BCUT2D eigenvalue weighted by Gasteiger charge is -2.19. The van der Waals surface area contributed by atoms with E-state index in [-0.39, 0.29) is 17.2 Å². The van der Waals surface area contributed by atoms with E-state index in [2.05, 4.69) is 20.8 Å². The third kappa shape index (κ3) is 5.80. The van der Waals surface area contributed by atoms with Crippen molar-refractivity contribution in [3.05, 3.63) is 24.3 Å². The number of benzene rings is 1. The summed E-state index contributed by atoms with van der Waals surface area (Å²) >= 11 is 1.26. The fourth-order valence-electron chi connectivity index (χ4n) is 2.20. The molecule has 140 valence electrons. The lowest BCUT2D eigenvalue weighted by Crippen LogP contribution is -2.42. The third-order valence-corrected chi connectivity index (χ3v) is 4.32. The number of methoxy groups -OCH3 is 1. The maximum Gasteiger partial charge on any atom is 0.248 e. The van der Waals surface area contributed by atoms with Gasteiger partial charge in [-0.15, -0.1) is 10.2 Å². The highest BCUT2D eigenvalue weighted by atomic mass is 32.1. The van der Waals surface area contributed by atoms with Crippen molar-refractivity contribution in [3.63, 3.8) is 0 Å². The maximum atomic E-state index is 12.3. The highest BCUT2D eigenvalue weighted by molar-refractivity contribution is 7.18. The molecule has 0 saturated heterocycles. The normalized spacial score (nSPS) is 12.3. The Hall–Kier alpha value is -2.48. The van der Waals surface area contributed by atoms with E-state index in [0.29, 0.717) is 16.6 Å². The summed E-state index contributed by atoms with van der Waals surface area (Å²) in [5, 5.41) is 14.5. The highest BCUT2D eigenvalue weighted by Crippen LogP contribution is 2.28. The van der Waals surface area contributed by atoms with Crippen LogP contribution in [0.3, 0.4) is 0 Å². The van der Waals surface area contributed by atoms with Gasteiger partial charge in [-0.05, 0) is 24.5 Å². The third-order valence-electron chi connectivity index (χ3n) is 3.43. The molecule has 0 bridgehead atoms. The summed E-state index contributed by atoms with van der Waals surface area (Å²) in [5.41, 5.74) is 0.722.